The molecule has 2 saturated heterocycles. The maximum Gasteiger partial charge on any atom is 0.251 e. The quantitative estimate of drug-likeness (QED) is 0.879. The minimum absolute atomic E-state index is 0.000183. The van der Waals surface area contributed by atoms with Crippen molar-refractivity contribution in [2.24, 2.45) is 0 Å². The molecular formula is C19H27N3O3. The summed E-state index contributed by atoms with van der Waals surface area (Å²) in [6.07, 6.45) is 2.44. The molecular weight excluding hydrogens is 318 g/mol. The van der Waals surface area contributed by atoms with Crippen LogP contribution in [0.1, 0.15) is 25.3 Å². The topological polar surface area (TPSA) is 61.9 Å². The van der Waals surface area contributed by atoms with Crippen LogP contribution in [-0.2, 0) is 20.7 Å². The summed E-state index contributed by atoms with van der Waals surface area (Å²) in [5.74, 6) is 0.110. The van der Waals surface area contributed by atoms with Gasteiger partial charge in [-0.1, -0.05) is 25.1 Å². The van der Waals surface area contributed by atoms with Crippen molar-refractivity contribution in [3.05, 3.63) is 29.8 Å². The Morgan fingerprint density at radius 1 is 1.20 bits per heavy atom. The number of nitrogens with zero attached hydrogens (tertiary/aromatic N) is 2. The average molecular weight is 345 g/mol. The van der Waals surface area contributed by atoms with Crippen molar-refractivity contribution in [2.75, 3.05) is 44.6 Å². The predicted octanol–water partition coefficient (Wildman–Crippen LogP) is 1.51. The monoisotopic (exact) mass is 345 g/mol. The predicted molar refractivity (Wildman–Crippen MR) is 96.4 cm³/mol. The Morgan fingerprint density at radius 3 is 2.64 bits per heavy atom. The van der Waals surface area contributed by atoms with Crippen LogP contribution >= 0.6 is 0 Å². The van der Waals surface area contributed by atoms with Gasteiger partial charge in [-0.3, -0.25) is 14.5 Å². The second kappa shape index (κ2) is 8.45. The Balaban J connectivity index is 1.45. The first-order chi connectivity index (χ1) is 12.2. The Hall–Kier alpha value is -1.92. The van der Waals surface area contributed by atoms with Crippen molar-refractivity contribution in [2.45, 2.75) is 32.3 Å². The summed E-state index contributed by atoms with van der Waals surface area (Å²) in [6.45, 7) is 5.91. The molecule has 1 N–H and O–H groups in total. The second-order valence-electron chi connectivity index (χ2n) is 6.66. The van der Waals surface area contributed by atoms with Crippen molar-refractivity contribution in [3.63, 3.8) is 0 Å². The lowest BCUT2D eigenvalue weighted by atomic mass is 10.1. The summed E-state index contributed by atoms with van der Waals surface area (Å²) in [6, 6.07) is 7.89. The van der Waals surface area contributed by atoms with E-state index in [1.807, 2.05) is 29.2 Å². The van der Waals surface area contributed by atoms with E-state index in [0.717, 1.165) is 43.6 Å². The highest BCUT2D eigenvalue weighted by atomic mass is 16.5. The fraction of sp³-hybridized carbons (Fsp3) is 0.579. The van der Waals surface area contributed by atoms with Crippen LogP contribution < -0.4 is 5.32 Å². The highest BCUT2D eigenvalue weighted by Gasteiger charge is 2.30. The molecule has 2 amide bonds. The van der Waals surface area contributed by atoms with Gasteiger partial charge in [-0.05, 0) is 30.9 Å². The van der Waals surface area contributed by atoms with Gasteiger partial charge in [-0.2, -0.15) is 0 Å². The van der Waals surface area contributed by atoms with Crippen molar-refractivity contribution in [1.29, 1.82) is 0 Å². The molecule has 0 bridgehead atoms. The number of anilines is 1. The van der Waals surface area contributed by atoms with E-state index in [9.17, 15) is 9.59 Å². The zero-order chi connectivity index (χ0) is 17.6. The maximum absolute atomic E-state index is 12.3. The molecule has 1 aromatic carbocycles. The molecule has 25 heavy (non-hydrogen) atoms. The molecule has 6 nitrogen and oxygen atoms in total. The van der Waals surface area contributed by atoms with Gasteiger partial charge in [-0.25, -0.2) is 0 Å². The number of carbonyl (C=O) groups is 2. The van der Waals surface area contributed by atoms with Crippen LogP contribution in [0.25, 0.3) is 0 Å². The molecule has 1 atom stereocenters. The molecule has 0 spiro atoms. The highest BCUT2D eigenvalue weighted by molar-refractivity contribution is 5.93. The minimum atomic E-state index is -0.250. The number of nitrogens with one attached hydrogen (secondary N) is 1. The first-order valence-electron chi connectivity index (χ1n) is 9.18. The third-order valence-electron chi connectivity index (χ3n) is 4.93. The SMILES string of the molecule is CCc1ccccc1NC(=O)CN1CCN(C(=O)C2CCCO2)CC1. The van der Waals surface area contributed by atoms with Crippen molar-refractivity contribution in [1.82, 2.24) is 9.80 Å². The number of rotatable bonds is 5. The maximum atomic E-state index is 12.3. The third kappa shape index (κ3) is 4.58. The largest absolute Gasteiger partial charge is 0.368 e. The van der Waals surface area contributed by atoms with Crippen molar-refractivity contribution >= 4 is 17.5 Å². The first kappa shape index (κ1) is 17.9. The van der Waals surface area contributed by atoms with E-state index in [-0.39, 0.29) is 17.9 Å². The van der Waals surface area contributed by atoms with Crippen LogP contribution in [0.4, 0.5) is 5.69 Å². The number of hydrogen-bond donors (Lipinski definition) is 1. The number of carbonyl (C=O) groups excluding carboxylic acids is 2. The third-order valence-corrected chi connectivity index (χ3v) is 4.93. The molecule has 2 heterocycles. The number of piperazine rings is 1. The second-order valence-corrected chi connectivity index (χ2v) is 6.66. The van der Waals surface area contributed by atoms with Crippen LogP contribution in [0.5, 0.6) is 0 Å². The Labute approximate surface area is 149 Å². The summed E-state index contributed by atoms with van der Waals surface area (Å²) in [4.78, 5) is 28.6. The molecule has 2 aliphatic rings. The van der Waals surface area contributed by atoms with E-state index in [2.05, 4.69) is 17.1 Å². The molecule has 1 unspecified atom stereocenters. The molecule has 0 aromatic heterocycles. The number of ether oxygens (including phenoxy) is 1. The molecule has 2 aliphatic heterocycles. The summed E-state index contributed by atoms with van der Waals surface area (Å²) in [5, 5.41) is 3.01. The van der Waals surface area contributed by atoms with Gasteiger partial charge < -0.3 is 15.0 Å². The molecule has 1 aromatic rings. The zero-order valence-corrected chi connectivity index (χ0v) is 14.9. The van der Waals surface area contributed by atoms with Gasteiger partial charge in [-0.15, -0.1) is 0 Å². The van der Waals surface area contributed by atoms with Crippen LogP contribution in [0.3, 0.4) is 0 Å². The normalized spacial score (nSPS) is 21.3. The lowest BCUT2D eigenvalue weighted by Gasteiger charge is -2.35. The summed E-state index contributed by atoms with van der Waals surface area (Å²) in [5.41, 5.74) is 2.03. The smallest absolute Gasteiger partial charge is 0.251 e. The Bertz CT molecular complexity index is 606. The van der Waals surface area contributed by atoms with Crippen molar-refractivity contribution in [3.8, 4) is 0 Å². The van der Waals surface area contributed by atoms with Gasteiger partial charge in [0.25, 0.3) is 5.91 Å². The molecule has 0 aliphatic carbocycles. The van der Waals surface area contributed by atoms with Crippen molar-refractivity contribution < 1.29 is 14.3 Å². The fourth-order valence-corrected chi connectivity index (χ4v) is 3.45. The van der Waals surface area contributed by atoms with Crippen LogP contribution in [0.2, 0.25) is 0 Å². The molecule has 0 saturated carbocycles. The van der Waals surface area contributed by atoms with E-state index in [0.29, 0.717) is 26.2 Å². The minimum Gasteiger partial charge on any atom is -0.368 e. The van der Waals surface area contributed by atoms with E-state index in [1.165, 1.54) is 0 Å². The zero-order valence-electron chi connectivity index (χ0n) is 14.9. The van der Waals surface area contributed by atoms with E-state index < -0.39 is 0 Å². The van der Waals surface area contributed by atoms with Gasteiger partial charge in [0.1, 0.15) is 6.10 Å². The molecule has 136 valence electrons. The Morgan fingerprint density at radius 2 is 1.96 bits per heavy atom. The van der Waals surface area contributed by atoms with Gasteiger partial charge in [0, 0.05) is 38.5 Å². The number of hydrogen-bond acceptors (Lipinski definition) is 4. The number of aryl methyl sites for hydroxylation is 1. The van der Waals surface area contributed by atoms with Gasteiger partial charge in [0.05, 0.1) is 6.54 Å². The molecule has 3 rings (SSSR count). The van der Waals surface area contributed by atoms with Crippen LogP contribution in [0, 0.1) is 0 Å². The number of benzene rings is 1. The van der Waals surface area contributed by atoms with Crippen LogP contribution in [-0.4, -0.2) is 67.0 Å². The van der Waals surface area contributed by atoms with E-state index in [1.54, 1.807) is 0 Å². The Kier molecular flexibility index (Phi) is 6.04. The van der Waals surface area contributed by atoms with Gasteiger partial charge >= 0.3 is 0 Å². The summed E-state index contributed by atoms with van der Waals surface area (Å²) in [7, 11) is 0. The van der Waals surface area contributed by atoms with E-state index >= 15 is 0 Å². The number of amides is 2. The molecule has 0 radical (unpaired) electrons. The van der Waals surface area contributed by atoms with Gasteiger partial charge in [0.2, 0.25) is 5.91 Å². The first-order valence-corrected chi connectivity index (χ1v) is 9.18. The standard InChI is InChI=1S/C19H27N3O3/c1-2-15-6-3-4-7-16(15)20-18(23)14-21-9-11-22(12-10-21)19(24)17-8-5-13-25-17/h3-4,6-7,17H,2,5,8-14H2,1H3,(H,20,23). The summed E-state index contributed by atoms with van der Waals surface area (Å²) >= 11 is 0. The fourth-order valence-electron chi connectivity index (χ4n) is 3.45. The van der Waals surface area contributed by atoms with Crippen LogP contribution in [0.15, 0.2) is 24.3 Å². The lowest BCUT2D eigenvalue weighted by molar-refractivity contribution is -0.142. The molecule has 6 heteroatoms. The van der Waals surface area contributed by atoms with Gasteiger partial charge in [0.15, 0.2) is 0 Å². The summed E-state index contributed by atoms with van der Waals surface area (Å²) < 4.78 is 5.48. The van der Waals surface area contributed by atoms with E-state index in [4.69, 9.17) is 4.74 Å². The highest BCUT2D eigenvalue weighted by Crippen LogP contribution is 2.17. The lowest BCUT2D eigenvalue weighted by Crippen LogP contribution is -2.52. The average Bonchev–Trinajstić information content (AvgIpc) is 3.17. The number of para-hydroxylation sites is 1. The molecule has 2 fully saturated rings.